The Labute approximate surface area is 156 Å². The zero-order valence-corrected chi connectivity index (χ0v) is 16.1. The molecule has 2 aromatic rings. The predicted octanol–water partition coefficient (Wildman–Crippen LogP) is 4.08. The Bertz CT molecular complexity index is 742. The second kappa shape index (κ2) is 9.18. The Morgan fingerprint density at radius 3 is 2.00 bits per heavy atom. The fourth-order valence-corrected chi connectivity index (χ4v) is 2.94. The van der Waals surface area contributed by atoms with Gasteiger partial charge >= 0.3 is 0 Å². The molecular weight excluding hydrogens is 324 g/mol. The minimum absolute atomic E-state index is 0.0161. The fraction of sp³-hybridized carbons (Fsp3) is 0.364. The summed E-state index contributed by atoms with van der Waals surface area (Å²) in [6, 6.07) is 13.6. The van der Waals surface area contributed by atoms with Gasteiger partial charge in [0.25, 0.3) is 5.91 Å². The van der Waals surface area contributed by atoms with Crippen molar-refractivity contribution in [3.63, 3.8) is 0 Å². The summed E-state index contributed by atoms with van der Waals surface area (Å²) in [5, 5.41) is 3.10. The minimum atomic E-state index is -0.0161. The highest BCUT2D eigenvalue weighted by molar-refractivity contribution is 5.94. The number of hydrogen-bond donors (Lipinski definition) is 1. The van der Waals surface area contributed by atoms with E-state index in [0.29, 0.717) is 18.4 Å². The highest BCUT2D eigenvalue weighted by Gasteiger charge is 2.11. The summed E-state index contributed by atoms with van der Waals surface area (Å²) in [6.07, 6.45) is 2.86. The van der Waals surface area contributed by atoms with E-state index < -0.39 is 0 Å². The lowest BCUT2D eigenvalue weighted by atomic mass is 10.0. The summed E-state index contributed by atoms with van der Waals surface area (Å²) in [7, 11) is 3.47. The number of rotatable bonds is 7. The van der Waals surface area contributed by atoms with Gasteiger partial charge in [0.15, 0.2) is 0 Å². The van der Waals surface area contributed by atoms with Gasteiger partial charge in [0.05, 0.1) is 0 Å². The summed E-state index contributed by atoms with van der Waals surface area (Å²) >= 11 is 0. The molecule has 0 radical (unpaired) electrons. The van der Waals surface area contributed by atoms with Gasteiger partial charge in [0.1, 0.15) is 0 Å². The second-order valence-corrected chi connectivity index (χ2v) is 6.60. The van der Waals surface area contributed by atoms with Gasteiger partial charge < -0.3 is 10.2 Å². The van der Waals surface area contributed by atoms with E-state index in [1.807, 2.05) is 30.3 Å². The van der Waals surface area contributed by atoms with Crippen LogP contribution in [-0.4, -0.2) is 30.8 Å². The number of hydrogen-bond acceptors (Lipinski definition) is 2. The number of carbonyl (C=O) groups is 2. The number of benzene rings is 2. The first-order valence-electron chi connectivity index (χ1n) is 9.17. The van der Waals surface area contributed by atoms with Crippen molar-refractivity contribution in [3.8, 4) is 0 Å². The van der Waals surface area contributed by atoms with Crippen LogP contribution in [0.2, 0.25) is 0 Å². The highest BCUT2D eigenvalue weighted by atomic mass is 16.2. The van der Waals surface area contributed by atoms with E-state index in [1.165, 1.54) is 11.1 Å². The van der Waals surface area contributed by atoms with Gasteiger partial charge in [-0.3, -0.25) is 9.59 Å². The molecule has 4 heteroatoms. The van der Waals surface area contributed by atoms with Crippen molar-refractivity contribution < 1.29 is 9.59 Å². The van der Waals surface area contributed by atoms with Crippen LogP contribution in [0, 0.1) is 0 Å². The Balaban J connectivity index is 1.98. The Morgan fingerprint density at radius 2 is 1.50 bits per heavy atom. The number of anilines is 1. The molecule has 0 saturated carbocycles. The monoisotopic (exact) mass is 352 g/mol. The molecule has 26 heavy (non-hydrogen) atoms. The molecule has 0 spiro atoms. The first kappa shape index (κ1) is 19.7. The Morgan fingerprint density at radius 1 is 0.923 bits per heavy atom. The van der Waals surface area contributed by atoms with E-state index in [-0.39, 0.29) is 11.8 Å². The number of carbonyl (C=O) groups excluding carboxylic acids is 2. The van der Waals surface area contributed by atoms with Gasteiger partial charge in [-0.25, -0.2) is 0 Å². The number of para-hydroxylation sites is 1. The lowest BCUT2D eigenvalue weighted by Crippen LogP contribution is -2.21. The summed E-state index contributed by atoms with van der Waals surface area (Å²) in [4.78, 5) is 25.9. The van der Waals surface area contributed by atoms with E-state index in [4.69, 9.17) is 0 Å². The zero-order valence-electron chi connectivity index (χ0n) is 16.1. The maximum Gasteiger partial charge on any atom is 0.253 e. The van der Waals surface area contributed by atoms with Gasteiger partial charge in [0.2, 0.25) is 5.91 Å². The van der Waals surface area contributed by atoms with Crippen molar-refractivity contribution in [2.45, 2.75) is 39.5 Å². The van der Waals surface area contributed by atoms with Crippen molar-refractivity contribution in [2.24, 2.45) is 0 Å². The summed E-state index contributed by atoms with van der Waals surface area (Å²) in [5.74, 6) is 0.00612. The summed E-state index contributed by atoms with van der Waals surface area (Å²) < 4.78 is 0. The molecule has 0 aliphatic carbocycles. The molecule has 0 bridgehead atoms. The molecule has 0 saturated heterocycles. The van der Waals surface area contributed by atoms with Crippen LogP contribution in [0.15, 0.2) is 42.5 Å². The van der Waals surface area contributed by atoms with Crippen LogP contribution >= 0.6 is 0 Å². The maximum atomic E-state index is 12.4. The van der Waals surface area contributed by atoms with Crippen LogP contribution in [0.25, 0.3) is 0 Å². The first-order valence-corrected chi connectivity index (χ1v) is 9.17. The average molecular weight is 352 g/mol. The molecule has 0 aromatic heterocycles. The molecule has 0 atom stereocenters. The Hall–Kier alpha value is -2.62. The molecule has 138 valence electrons. The largest absolute Gasteiger partial charge is 0.345 e. The molecular formula is C22H28N2O2. The van der Waals surface area contributed by atoms with Crippen molar-refractivity contribution in [3.05, 3.63) is 64.7 Å². The van der Waals surface area contributed by atoms with E-state index in [1.54, 1.807) is 19.0 Å². The van der Waals surface area contributed by atoms with Crippen LogP contribution in [0.5, 0.6) is 0 Å². The third kappa shape index (κ3) is 4.94. The van der Waals surface area contributed by atoms with Crippen molar-refractivity contribution in [1.29, 1.82) is 0 Å². The SMILES string of the molecule is CCc1cccc(CC)c1NC(=O)CCc1ccc(C(=O)N(C)C)cc1. The minimum Gasteiger partial charge on any atom is -0.345 e. The number of nitrogens with zero attached hydrogens (tertiary/aromatic N) is 1. The first-order chi connectivity index (χ1) is 12.5. The quantitative estimate of drug-likeness (QED) is 0.816. The van der Waals surface area contributed by atoms with Gasteiger partial charge in [-0.2, -0.15) is 0 Å². The number of amides is 2. The van der Waals surface area contributed by atoms with Crippen LogP contribution in [0.3, 0.4) is 0 Å². The molecule has 2 amide bonds. The van der Waals surface area contributed by atoms with Crippen molar-refractivity contribution in [2.75, 3.05) is 19.4 Å². The Kier molecular flexibility index (Phi) is 6.96. The van der Waals surface area contributed by atoms with Crippen LogP contribution in [0.1, 0.15) is 47.3 Å². The van der Waals surface area contributed by atoms with Crippen LogP contribution in [-0.2, 0) is 24.1 Å². The lowest BCUT2D eigenvalue weighted by Gasteiger charge is -2.14. The standard InChI is InChI=1S/C22H28N2O2/c1-5-17-8-7-9-18(6-2)21(17)23-20(25)15-12-16-10-13-19(14-11-16)22(26)24(3)4/h7-11,13-14H,5-6,12,15H2,1-4H3,(H,23,25). The van der Waals surface area contributed by atoms with Gasteiger partial charge in [-0.05, 0) is 48.1 Å². The molecule has 0 aliphatic rings. The van der Waals surface area contributed by atoms with Crippen molar-refractivity contribution >= 4 is 17.5 Å². The molecule has 0 heterocycles. The molecule has 1 N–H and O–H groups in total. The average Bonchev–Trinajstić information content (AvgIpc) is 2.66. The topological polar surface area (TPSA) is 49.4 Å². The molecule has 4 nitrogen and oxygen atoms in total. The van der Waals surface area contributed by atoms with Crippen LogP contribution < -0.4 is 5.32 Å². The smallest absolute Gasteiger partial charge is 0.253 e. The zero-order chi connectivity index (χ0) is 19.1. The van der Waals surface area contributed by atoms with E-state index in [0.717, 1.165) is 24.1 Å². The number of aryl methyl sites for hydroxylation is 3. The molecule has 2 rings (SSSR count). The maximum absolute atomic E-state index is 12.4. The highest BCUT2D eigenvalue weighted by Crippen LogP contribution is 2.23. The van der Waals surface area contributed by atoms with Gasteiger partial charge in [-0.1, -0.05) is 44.2 Å². The van der Waals surface area contributed by atoms with E-state index >= 15 is 0 Å². The predicted molar refractivity (Wildman–Crippen MR) is 107 cm³/mol. The molecule has 2 aromatic carbocycles. The summed E-state index contributed by atoms with van der Waals surface area (Å²) in [5.41, 5.74) is 5.02. The van der Waals surface area contributed by atoms with E-state index in [2.05, 4.69) is 31.3 Å². The number of nitrogens with one attached hydrogen (secondary N) is 1. The van der Waals surface area contributed by atoms with Crippen molar-refractivity contribution in [1.82, 2.24) is 4.90 Å². The third-order valence-electron chi connectivity index (χ3n) is 4.51. The second-order valence-electron chi connectivity index (χ2n) is 6.60. The molecule has 0 aliphatic heterocycles. The normalized spacial score (nSPS) is 10.5. The van der Waals surface area contributed by atoms with Crippen LogP contribution in [0.4, 0.5) is 5.69 Å². The summed E-state index contributed by atoms with van der Waals surface area (Å²) in [6.45, 7) is 4.20. The third-order valence-corrected chi connectivity index (χ3v) is 4.51. The fourth-order valence-electron chi connectivity index (χ4n) is 2.94. The van der Waals surface area contributed by atoms with Gasteiger partial charge in [-0.15, -0.1) is 0 Å². The van der Waals surface area contributed by atoms with E-state index in [9.17, 15) is 9.59 Å². The molecule has 0 fully saturated rings. The lowest BCUT2D eigenvalue weighted by molar-refractivity contribution is -0.116. The van der Waals surface area contributed by atoms with Gasteiger partial charge in [0, 0.05) is 31.8 Å². The molecule has 0 unspecified atom stereocenters.